The number of nitrogens with two attached hydrogens (primary N) is 1. The molecular formula is C7H9NO3. The summed E-state index contributed by atoms with van der Waals surface area (Å²) in [5.41, 5.74) is 4.57. The first-order valence-electron chi connectivity index (χ1n) is 3.10. The molecule has 4 heteroatoms. The van der Waals surface area contributed by atoms with Gasteiger partial charge in [0.1, 0.15) is 5.54 Å². The van der Waals surface area contributed by atoms with Gasteiger partial charge in [-0.1, -0.05) is 0 Å². The first-order chi connectivity index (χ1) is 5.05. The lowest BCUT2D eigenvalue weighted by Gasteiger charge is -2.16. The Bertz CT molecular complexity index is 251. The highest BCUT2D eigenvalue weighted by Gasteiger charge is 2.30. The van der Waals surface area contributed by atoms with Crippen LogP contribution in [0.5, 0.6) is 0 Å². The average Bonchev–Trinajstić information content (AvgIpc) is 2.37. The normalized spacial score (nSPS) is 15.8. The van der Waals surface area contributed by atoms with Gasteiger partial charge in [-0.25, -0.2) is 4.79 Å². The molecule has 0 radical (unpaired) electrons. The molecule has 11 heavy (non-hydrogen) atoms. The van der Waals surface area contributed by atoms with Crippen molar-refractivity contribution in [2.45, 2.75) is 12.5 Å². The quantitative estimate of drug-likeness (QED) is 0.653. The summed E-state index contributed by atoms with van der Waals surface area (Å²) < 4.78 is 4.71. The van der Waals surface area contributed by atoms with Gasteiger partial charge in [-0.15, -0.1) is 0 Å². The summed E-state index contributed by atoms with van der Waals surface area (Å²) in [4.78, 5) is 10.6. The third kappa shape index (κ3) is 1.25. The first kappa shape index (κ1) is 7.81. The van der Waals surface area contributed by atoms with Crippen molar-refractivity contribution < 1.29 is 14.3 Å². The SMILES string of the molecule is CC(N)(C(=O)O)c1ccoc1. The number of carboxylic acid groups (broad SMARTS) is 1. The van der Waals surface area contributed by atoms with Crippen LogP contribution in [0.3, 0.4) is 0 Å². The smallest absolute Gasteiger partial charge is 0.328 e. The largest absolute Gasteiger partial charge is 0.480 e. The van der Waals surface area contributed by atoms with Crippen molar-refractivity contribution in [3.63, 3.8) is 0 Å². The van der Waals surface area contributed by atoms with Crippen molar-refractivity contribution in [2.24, 2.45) is 5.73 Å². The molecule has 1 aromatic rings. The molecule has 1 heterocycles. The molecule has 1 rings (SSSR count). The monoisotopic (exact) mass is 155 g/mol. The minimum absolute atomic E-state index is 0.463. The Kier molecular flexibility index (Phi) is 1.70. The molecule has 0 aliphatic rings. The van der Waals surface area contributed by atoms with Crippen LogP contribution in [0.4, 0.5) is 0 Å². The van der Waals surface area contributed by atoms with Gasteiger partial charge in [0.2, 0.25) is 0 Å². The third-order valence-electron chi connectivity index (χ3n) is 1.57. The molecule has 60 valence electrons. The molecular weight excluding hydrogens is 146 g/mol. The predicted octanol–water partition coefficient (Wildman–Crippen LogP) is 0.538. The van der Waals surface area contributed by atoms with E-state index in [0.29, 0.717) is 5.56 Å². The number of carboxylic acids is 1. The fourth-order valence-corrected chi connectivity index (χ4v) is 0.683. The first-order valence-corrected chi connectivity index (χ1v) is 3.10. The van der Waals surface area contributed by atoms with E-state index in [4.69, 9.17) is 15.3 Å². The highest BCUT2D eigenvalue weighted by Crippen LogP contribution is 2.17. The van der Waals surface area contributed by atoms with Crippen LogP contribution in [-0.4, -0.2) is 11.1 Å². The number of rotatable bonds is 2. The molecule has 4 nitrogen and oxygen atoms in total. The topological polar surface area (TPSA) is 76.5 Å². The Morgan fingerprint density at radius 2 is 2.45 bits per heavy atom. The van der Waals surface area contributed by atoms with Crippen molar-refractivity contribution in [1.82, 2.24) is 0 Å². The second-order valence-corrected chi connectivity index (χ2v) is 2.52. The minimum atomic E-state index is -1.35. The fraction of sp³-hybridized carbons (Fsp3) is 0.286. The summed E-state index contributed by atoms with van der Waals surface area (Å²) in [7, 11) is 0. The summed E-state index contributed by atoms with van der Waals surface area (Å²) in [5, 5.41) is 8.65. The van der Waals surface area contributed by atoms with E-state index in [1.54, 1.807) is 0 Å². The number of carbonyl (C=O) groups is 1. The van der Waals surface area contributed by atoms with E-state index < -0.39 is 11.5 Å². The van der Waals surface area contributed by atoms with Gasteiger partial charge >= 0.3 is 5.97 Å². The highest BCUT2D eigenvalue weighted by molar-refractivity contribution is 5.79. The summed E-state index contributed by atoms with van der Waals surface area (Å²) in [6, 6.07) is 1.54. The summed E-state index contributed by atoms with van der Waals surface area (Å²) in [5.74, 6) is -1.07. The van der Waals surface area contributed by atoms with Crippen LogP contribution in [0.15, 0.2) is 23.0 Å². The summed E-state index contributed by atoms with van der Waals surface area (Å²) >= 11 is 0. The average molecular weight is 155 g/mol. The molecule has 0 aromatic carbocycles. The number of hydrogen-bond donors (Lipinski definition) is 2. The van der Waals surface area contributed by atoms with Crippen LogP contribution in [-0.2, 0) is 10.3 Å². The second kappa shape index (κ2) is 2.39. The maximum atomic E-state index is 10.6. The number of hydrogen-bond acceptors (Lipinski definition) is 3. The van der Waals surface area contributed by atoms with E-state index in [1.807, 2.05) is 0 Å². The fourth-order valence-electron chi connectivity index (χ4n) is 0.683. The van der Waals surface area contributed by atoms with E-state index in [1.165, 1.54) is 25.5 Å². The lowest BCUT2D eigenvalue weighted by molar-refractivity contribution is -0.143. The molecule has 0 saturated carbocycles. The zero-order valence-electron chi connectivity index (χ0n) is 6.07. The van der Waals surface area contributed by atoms with Gasteiger partial charge in [0, 0.05) is 5.56 Å². The van der Waals surface area contributed by atoms with Gasteiger partial charge in [0.05, 0.1) is 12.5 Å². The lowest BCUT2D eigenvalue weighted by Crippen LogP contribution is -2.41. The Morgan fingerprint density at radius 1 is 1.82 bits per heavy atom. The molecule has 0 amide bonds. The van der Waals surface area contributed by atoms with Crippen molar-refractivity contribution in [2.75, 3.05) is 0 Å². The maximum Gasteiger partial charge on any atom is 0.328 e. The van der Waals surface area contributed by atoms with Crippen molar-refractivity contribution in [3.05, 3.63) is 24.2 Å². The van der Waals surface area contributed by atoms with Crippen LogP contribution in [0, 0.1) is 0 Å². The van der Waals surface area contributed by atoms with Gasteiger partial charge < -0.3 is 15.3 Å². The van der Waals surface area contributed by atoms with Crippen LogP contribution >= 0.6 is 0 Å². The van der Waals surface area contributed by atoms with Crippen LogP contribution in [0.25, 0.3) is 0 Å². The summed E-state index contributed by atoms with van der Waals surface area (Å²) in [6.45, 7) is 1.42. The maximum absolute atomic E-state index is 10.6. The van der Waals surface area contributed by atoms with Gasteiger partial charge in [-0.3, -0.25) is 0 Å². The van der Waals surface area contributed by atoms with E-state index in [9.17, 15) is 4.79 Å². The standard InChI is InChI=1S/C7H9NO3/c1-7(8,6(9)10)5-2-3-11-4-5/h2-4H,8H2,1H3,(H,9,10). The molecule has 3 N–H and O–H groups in total. The van der Waals surface area contributed by atoms with Crippen LogP contribution in [0.1, 0.15) is 12.5 Å². The molecule has 1 atom stereocenters. The van der Waals surface area contributed by atoms with Gasteiger partial charge in [-0.05, 0) is 13.0 Å². The molecule has 1 aromatic heterocycles. The Labute approximate surface area is 63.6 Å². The zero-order chi connectivity index (χ0) is 8.48. The van der Waals surface area contributed by atoms with Gasteiger partial charge in [-0.2, -0.15) is 0 Å². The molecule has 0 bridgehead atoms. The molecule has 0 fully saturated rings. The highest BCUT2D eigenvalue weighted by atomic mass is 16.4. The molecule has 0 aliphatic heterocycles. The third-order valence-corrected chi connectivity index (χ3v) is 1.57. The van der Waals surface area contributed by atoms with E-state index in [-0.39, 0.29) is 0 Å². The van der Waals surface area contributed by atoms with E-state index >= 15 is 0 Å². The van der Waals surface area contributed by atoms with Crippen LogP contribution in [0.2, 0.25) is 0 Å². The Morgan fingerprint density at radius 3 is 2.82 bits per heavy atom. The van der Waals surface area contributed by atoms with Crippen molar-refractivity contribution in [1.29, 1.82) is 0 Å². The lowest BCUT2D eigenvalue weighted by atomic mass is 9.97. The second-order valence-electron chi connectivity index (χ2n) is 2.52. The summed E-state index contributed by atoms with van der Waals surface area (Å²) in [6.07, 6.45) is 2.72. The van der Waals surface area contributed by atoms with Gasteiger partial charge in [0.15, 0.2) is 0 Å². The zero-order valence-corrected chi connectivity index (χ0v) is 6.07. The predicted molar refractivity (Wildman–Crippen MR) is 37.9 cm³/mol. The minimum Gasteiger partial charge on any atom is -0.480 e. The van der Waals surface area contributed by atoms with Crippen molar-refractivity contribution in [3.8, 4) is 0 Å². The van der Waals surface area contributed by atoms with E-state index in [2.05, 4.69) is 0 Å². The van der Waals surface area contributed by atoms with E-state index in [0.717, 1.165) is 0 Å². The molecule has 1 unspecified atom stereocenters. The van der Waals surface area contributed by atoms with Gasteiger partial charge in [0.25, 0.3) is 0 Å². The Hall–Kier alpha value is -1.29. The Balaban J connectivity index is 3.00. The molecule has 0 saturated heterocycles. The molecule has 0 spiro atoms. The van der Waals surface area contributed by atoms with Crippen molar-refractivity contribution >= 4 is 5.97 Å². The van der Waals surface area contributed by atoms with Crippen LogP contribution < -0.4 is 5.73 Å². The number of aliphatic carboxylic acids is 1. The number of furan rings is 1. The molecule has 0 aliphatic carbocycles.